The molecule has 0 N–H and O–H groups in total. The van der Waals surface area contributed by atoms with Crippen LogP contribution in [0.2, 0.25) is 0 Å². The second-order valence-electron chi connectivity index (χ2n) is 7.61. The van der Waals surface area contributed by atoms with Gasteiger partial charge in [0.2, 0.25) is 5.88 Å². The Labute approximate surface area is 174 Å². The molecule has 3 aromatic heterocycles. The van der Waals surface area contributed by atoms with E-state index in [1.165, 1.54) is 18.4 Å². The summed E-state index contributed by atoms with van der Waals surface area (Å²) in [5.74, 6) is 1.25. The molecule has 4 heterocycles. The molecule has 6 heteroatoms. The Kier molecular flexibility index (Phi) is 5.28. The summed E-state index contributed by atoms with van der Waals surface area (Å²) in [5.41, 5.74) is 4.37. The normalized spacial score (nSPS) is 15.7. The summed E-state index contributed by atoms with van der Waals surface area (Å²) in [6, 6.07) is 16.7. The van der Waals surface area contributed by atoms with Gasteiger partial charge in [0.1, 0.15) is 0 Å². The van der Waals surface area contributed by atoms with Crippen molar-refractivity contribution >= 4 is 17.0 Å². The number of likely N-dealkylation sites (tertiary alicyclic amines) is 1. The number of fused-ring (bicyclic) bond motifs is 1. The number of nitrogens with zero attached hydrogens (tertiary/aromatic N) is 4. The number of benzene rings is 1. The summed E-state index contributed by atoms with van der Waals surface area (Å²) in [4.78, 5) is 6.99. The van der Waals surface area contributed by atoms with Crippen molar-refractivity contribution < 1.29 is 4.74 Å². The van der Waals surface area contributed by atoms with Crippen molar-refractivity contribution in [3.63, 3.8) is 0 Å². The second kappa shape index (κ2) is 8.35. The zero-order valence-electron chi connectivity index (χ0n) is 16.3. The van der Waals surface area contributed by atoms with Gasteiger partial charge >= 0.3 is 0 Å². The summed E-state index contributed by atoms with van der Waals surface area (Å²) in [6.45, 7) is 4.01. The van der Waals surface area contributed by atoms with Gasteiger partial charge < -0.3 is 4.74 Å². The summed E-state index contributed by atoms with van der Waals surface area (Å²) >= 11 is 1.68. The minimum Gasteiger partial charge on any atom is -0.476 e. The number of hydrogen-bond donors (Lipinski definition) is 0. The lowest BCUT2D eigenvalue weighted by Crippen LogP contribution is -2.35. The van der Waals surface area contributed by atoms with Crippen LogP contribution in [-0.4, -0.2) is 39.2 Å². The zero-order chi connectivity index (χ0) is 19.5. The maximum absolute atomic E-state index is 6.07. The SMILES string of the molecule is c1ccc(CN2CCC(COc3ccc4ncc(-c5ccsc5)n4n3)CC2)cc1. The monoisotopic (exact) mass is 404 g/mol. The highest BCUT2D eigenvalue weighted by atomic mass is 32.1. The number of aromatic nitrogens is 3. The average Bonchev–Trinajstić information content (AvgIpc) is 3.43. The van der Waals surface area contributed by atoms with Crippen molar-refractivity contribution in [3.8, 4) is 17.1 Å². The first-order chi connectivity index (χ1) is 14.3. The third kappa shape index (κ3) is 4.18. The fraction of sp³-hybridized carbons (Fsp3) is 0.304. The van der Waals surface area contributed by atoms with Gasteiger partial charge in [-0.2, -0.15) is 11.3 Å². The quantitative estimate of drug-likeness (QED) is 0.465. The minimum absolute atomic E-state index is 0.582. The van der Waals surface area contributed by atoms with Gasteiger partial charge in [-0.3, -0.25) is 4.90 Å². The molecule has 1 aromatic carbocycles. The topological polar surface area (TPSA) is 42.7 Å². The minimum atomic E-state index is 0.582. The Hall–Kier alpha value is -2.70. The molecule has 0 saturated carbocycles. The van der Waals surface area contributed by atoms with E-state index in [4.69, 9.17) is 4.74 Å². The van der Waals surface area contributed by atoms with Crippen LogP contribution in [0.25, 0.3) is 16.9 Å². The highest BCUT2D eigenvalue weighted by Gasteiger charge is 2.20. The lowest BCUT2D eigenvalue weighted by Gasteiger charge is -2.31. The molecular weight excluding hydrogens is 380 g/mol. The molecule has 0 bridgehead atoms. The molecule has 0 atom stereocenters. The van der Waals surface area contributed by atoms with E-state index in [9.17, 15) is 0 Å². The number of piperidine rings is 1. The van der Waals surface area contributed by atoms with E-state index < -0.39 is 0 Å². The maximum Gasteiger partial charge on any atom is 0.231 e. The Morgan fingerprint density at radius 3 is 2.69 bits per heavy atom. The molecule has 1 aliphatic rings. The van der Waals surface area contributed by atoms with Gasteiger partial charge in [-0.25, -0.2) is 9.50 Å². The van der Waals surface area contributed by atoms with Gasteiger partial charge in [-0.15, -0.1) is 5.10 Å². The Morgan fingerprint density at radius 2 is 1.90 bits per heavy atom. The molecule has 148 valence electrons. The molecule has 1 saturated heterocycles. The summed E-state index contributed by atoms with van der Waals surface area (Å²) in [6.07, 6.45) is 4.21. The molecule has 0 spiro atoms. The van der Waals surface area contributed by atoms with Crippen LogP contribution in [0.15, 0.2) is 65.5 Å². The number of rotatable bonds is 6. The Balaban J connectivity index is 1.18. The van der Waals surface area contributed by atoms with Crippen LogP contribution < -0.4 is 4.74 Å². The van der Waals surface area contributed by atoms with Crippen molar-refractivity contribution in [2.45, 2.75) is 19.4 Å². The Bertz CT molecular complexity index is 1050. The third-order valence-corrected chi connectivity index (χ3v) is 6.26. The second-order valence-corrected chi connectivity index (χ2v) is 8.39. The molecule has 5 nitrogen and oxygen atoms in total. The van der Waals surface area contributed by atoms with E-state index in [1.54, 1.807) is 11.3 Å². The molecule has 0 radical (unpaired) electrons. The van der Waals surface area contributed by atoms with Gasteiger partial charge in [0, 0.05) is 23.6 Å². The van der Waals surface area contributed by atoms with E-state index in [0.29, 0.717) is 11.8 Å². The molecule has 29 heavy (non-hydrogen) atoms. The van der Waals surface area contributed by atoms with Gasteiger partial charge in [0.15, 0.2) is 5.65 Å². The number of imidazole rings is 1. The van der Waals surface area contributed by atoms with Gasteiger partial charge in [-0.05, 0) is 54.9 Å². The zero-order valence-corrected chi connectivity index (χ0v) is 17.1. The molecule has 1 aliphatic heterocycles. The van der Waals surface area contributed by atoms with Crippen LogP contribution >= 0.6 is 11.3 Å². The van der Waals surface area contributed by atoms with Gasteiger partial charge in [-0.1, -0.05) is 30.3 Å². The van der Waals surface area contributed by atoms with Crippen molar-refractivity contribution in [1.82, 2.24) is 19.5 Å². The molecule has 0 aliphatic carbocycles. The number of thiophene rings is 1. The highest BCUT2D eigenvalue weighted by Crippen LogP contribution is 2.24. The third-order valence-electron chi connectivity index (χ3n) is 5.58. The van der Waals surface area contributed by atoms with Crippen LogP contribution in [-0.2, 0) is 6.54 Å². The largest absolute Gasteiger partial charge is 0.476 e. The summed E-state index contributed by atoms with van der Waals surface area (Å²) in [5, 5.41) is 8.85. The number of hydrogen-bond acceptors (Lipinski definition) is 5. The van der Waals surface area contributed by atoms with Crippen molar-refractivity contribution in [2.75, 3.05) is 19.7 Å². The van der Waals surface area contributed by atoms with E-state index in [-0.39, 0.29) is 0 Å². The fourth-order valence-electron chi connectivity index (χ4n) is 3.90. The van der Waals surface area contributed by atoms with Crippen molar-refractivity contribution in [2.24, 2.45) is 5.92 Å². The lowest BCUT2D eigenvalue weighted by molar-refractivity contribution is 0.134. The fourth-order valence-corrected chi connectivity index (χ4v) is 4.55. The lowest BCUT2D eigenvalue weighted by atomic mass is 9.97. The van der Waals surface area contributed by atoms with Crippen LogP contribution in [0.3, 0.4) is 0 Å². The standard InChI is InChI=1S/C23H24N4OS/c1-2-4-18(5-3-1)15-26-11-8-19(9-12-26)16-28-23-7-6-22-24-14-21(27(22)25-23)20-10-13-29-17-20/h1-7,10,13-14,17,19H,8-9,11-12,15-16H2. The first-order valence-corrected chi connectivity index (χ1v) is 11.1. The van der Waals surface area contributed by atoms with Crippen LogP contribution in [0.4, 0.5) is 0 Å². The van der Waals surface area contributed by atoms with Crippen molar-refractivity contribution in [3.05, 3.63) is 71.1 Å². The Morgan fingerprint density at radius 1 is 1.03 bits per heavy atom. The molecular formula is C23H24N4OS. The average molecular weight is 405 g/mol. The maximum atomic E-state index is 6.07. The van der Waals surface area contributed by atoms with Crippen LogP contribution in [0.5, 0.6) is 5.88 Å². The van der Waals surface area contributed by atoms with Gasteiger partial charge in [0.25, 0.3) is 0 Å². The van der Waals surface area contributed by atoms with Crippen LogP contribution in [0.1, 0.15) is 18.4 Å². The van der Waals surface area contributed by atoms with Crippen LogP contribution in [0, 0.1) is 5.92 Å². The van der Waals surface area contributed by atoms with Crippen molar-refractivity contribution in [1.29, 1.82) is 0 Å². The highest BCUT2D eigenvalue weighted by molar-refractivity contribution is 7.08. The summed E-state index contributed by atoms with van der Waals surface area (Å²) < 4.78 is 7.95. The predicted molar refractivity (Wildman–Crippen MR) is 116 cm³/mol. The molecule has 4 aromatic rings. The molecule has 5 rings (SSSR count). The van der Waals surface area contributed by atoms with Gasteiger partial charge in [0.05, 0.1) is 18.5 Å². The molecule has 0 amide bonds. The molecule has 1 fully saturated rings. The summed E-state index contributed by atoms with van der Waals surface area (Å²) in [7, 11) is 0. The van der Waals surface area contributed by atoms with E-state index in [2.05, 4.69) is 62.1 Å². The first kappa shape index (κ1) is 18.3. The molecule has 0 unspecified atom stereocenters. The number of ether oxygens (including phenoxy) is 1. The van der Waals surface area contributed by atoms with E-state index in [1.807, 2.05) is 22.8 Å². The van der Waals surface area contributed by atoms with E-state index >= 15 is 0 Å². The first-order valence-electron chi connectivity index (χ1n) is 10.1. The predicted octanol–water partition coefficient (Wildman–Crippen LogP) is 4.75. The smallest absolute Gasteiger partial charge is 0.231 e. The van der Waals surface area contributed by atoms with E-state index in [0.717, 1.165) is 43.1 Å².